The van der Waals surface area contributed by atoms with Crippen molar-refractivity contribution in [2.75, 3.05) is 6.61 Å². The van der Waals surface area contributed by atoms with E-state index in [0.717, 1.165) is 22.0 Å². The van der Waals surface area contributed by atoms with Crippen molar-refractivity contribution in [3.63, 3.8) is 0 Å². The predicted molar refractivity (Wildman–Crippen MR) is 115 cm³/mol. The lowest BCUT2D eigenvalue weighted by atomic mass is 10.0. The summed E-state index contributed by atoms with van der Waals surface area (Å²) in [6, 6.07) is 23.8. The van der Waals surface area contributed by atoms with Gasteiger partial charge in [-0.25, -0.2) is 4.79 Å². The topological polar surface area (TPSA) is 74.4 Å². The number of rotatable bonds is 6. The Labute approximate surface area is 173 Å². The molecule has 0 N–H and O–H groups in total. The summed E-state index contributed by atoms with van der Waals surface area (Å²) in [4.78, 5) is 24.4. The third-order valence-corrected chi connectivity index (χ3v) is 4.99. The lowest BCUT2D eigenvalue weighted by Crippen LogP contribution is -2.14. The molecule has 0 aliphatic rings. The van der Waals surface area contributed by atoms with Crippen molar-refractivity contribution in [3.8, 4) is 5.69 Å². The van der Waals surface area contributed by atoms with E-state index in [0.29, 0.717) is 17.8 Å². The molecule has 0 fully saturated rings. The number of aromatic nitrogens is 1. The first-order valence-corrected chi connectivity index (χ1v) is 9.69. The molecule has 0 unspecified atom stereocenters. The summed E-state index contributed by atoms with van der Waals surface area (Å²) in [7, 11) is 0. The molecule has 6 heteroatoms. The van der Waals surface area contributed by atoms with Gasteiger partial charge in [-0.2, -0.15) is 0 Å². The number of carbonyl (C=O) groups is 1. The Morgan fingerprint density at radius 3 is 2.37 bits per heavy atom. The van der Waals surface area contributed by atoms with Crippen LogP contribution in [0.15, 0.2) is 78.9 Å². The number of nitro groups is 1. The molecule has 0 bridgehead atoms. The average Bonchev–Trinajstić information content (AvgIpc) is 3.09. The second kappa shape index (κ2) is 8.21. The van der Waals surface area contributed by atoms with Gasteiger partial charge in [-0.1, -0.05) is 60.7 Å². The molecule has 0 saturated carbocycles. The number of nitro benzene ring substituents is 1. The number of fused-ring (bicyclic) bond motifs is 1. The standard InChI is InChI=1S/C24H20N2O4/c1-2-30-24(27)23-19(16-17-10-4-3-5-11-17)18-12-6-7-13-20(18)25(23)21-14-8-9-15-22(21)26(28)29/h3-15H,2,16H2,1H3. The van der Waals surface area contributed by atoms with Crippen LogP contribution in [0.5, 0.6) is 0 Å². The Hall–Kier alpha value is -3.93. The van der Waals surface area contributed by atoms with E-state index in [9.17, 15) is 14.9 Å². The molecule has 0 radical (unpaired) electrons. The zero-order valence-corrected chi connectivity index (χ0v) is 16.4. The number of benzene rings is 3. The molecule has 4 rings (SSSR count). The summed E-state index contributed by atoms with van der Waals surface area (Å²) in [6.07, 6.45) is 0.503. The molecule has 6 nitrogen and oxygen atoms in total. The lowest BCUT2D eigenvalue weighted by molar-refractivity contribution is -0.384. The van der Waals surface area contributed by atoms with E-state index in [4.69, 9.17) is 4.74 Å². The minimum absolute atomic E-state index is 0.0740. The van der Waals surface area contributed by atoms with E-state index in [-0.39, 0.29) is 12.3 Å². The number of esters is 1. The van der Waals surface area contributed by atoms with Gasteiger partial charge in [-0.3, -0.25) is 14.7 Å². The summed E-state index contributed by atoms with van der Waals surface area (Å²) >= 11 is 0. The second-order valence-corrected chi connectivity index (χ2v) is 6.81. The fourth-order valence-corrected chi connectivity index (χ4v) is 3.76. The van der Waals surface area contributed by atoms with E-state index in [1.807, 2.05) is 54.6 Å². The van der Waals surface area contributed by atoms with Crippen molar-refractivity contribution in [1.82, 2.24) is 4.57 Å². The van der Waals surface area contributed by atoms with Crippen LogP contribution < -0.4 is 0 Å². The van der Waals surface area contributed by atoms with Crippen LogP contribution in [0.1, 0.15) is 28.5 Å². The smallest absolute Gasteiger partial charge is 0.355 e. The van der Waals surface area contributed by atoms with Crippen LogP contribution in [0.3, 0.4) is 0 Å². The summed E-state index contributed by atoms with van der Waals surface area (Å²) in [6.45, 7) is 1.95. The maximum Gasteiger partial charge on any atom is 0.355 e. The van der Waals surface area contributed by atoms with Crippen LogP contribution in [-0.4, -0.2) is 22.1 Å². The first-order chi connectivity index (χ1) is 14.6. The van der Waals surface area contributed by atoms with E-state index in [1.165, 1.54) is 6.07 Å². The zero-order valence-electron chi connectivity index (χ0n) is 16.4. The molecular weight excluding hydrogens is 380 g/mol. The summed E-state index contributed by atoms with van der Waals surface area (Å²) in [5.41, 5.74) is 3.12. The van der Waals surface area contributed by atoms with E-state index in [2.05, 4.69) is 0 Å². The Kier molecular flexibility index (Phi) is 5.30. The molecule has 3 aromatic carbocycles. The van der Waals surface area contributed by atoms with E-state index in [1.54, 1.807) is 29.7 Å². The van der Waals surface area contributed by atoms with Gasteiger partial charge < -0.3 is 4.74 Å². The first kappa shape index (κ1) is 19.4. The van der Waals surface area contributed by atoms with Crippen LogP contribution in [-0.2, 0) is 11.2 Å². The van der Waals surface area contributed by atoms with Gasteiger partial charge in [0.2, 0.25) is 0 Å². The van der Waals surface area contributed by atoms with Crippen LogP contribution in [0, 0.1) is 10.1 Å². The molecule has 0 spiro atoms. The Balaban J connectivity index is 2.06. The van der Waals surface area contributed by atoms with Crippen molar-refractivity contribution < 1.29 is 14.5 Å². The maximum atomic E-state index is 13.1. The van der Waals surface area contributed by atoms with Gasteiger partial charge in [0, 0.05) is 17.9 Å². The molecule has 0 aliphatic heterocycles. The highest BCUT2D eigenvalue weighted by Gasteiger charge is 2.28. The molecule has 0 aliphatic carbocycles. The Morgan fingerprint density at radius 1 is 0.967 bits per heavy atom. The van der Waals surface area contributed by atoms with Gasteiger partial charge in [-0.05, 0) is 30.2 Å². The predicted octanol–water partition coefficient (Wildman–Crippen LogP) is 5.31. The van der Waals surface area contributed by atoms with Crippen LogP contribution in [0.4, 0.5) is 5.69 Å². The molecule has 0 saturated heterocycles. The molecule has 0 atom stereocenters. The van der Waals surface area contributed by atoms with Crippen molar-refractivity contribution in [2.45, 2.75) is 13.3 Å². The van der Waals surface area contributed by atoms with Crippen molar-refractivity contribution >= 4 is 22.6 Å². The molecule has 30 heavy (non-hydrogen) atoms. The minimum Gasteiger partial charge on any atom is -0.461 e. The molecule has 150 valence electrons. The SMILES string of the molecule is CCOC(=O)c1c(Cc2ccccc2)c2ccccc2n1-c1ccccc1[N+](=O)[O-]. The summed E-state index contributed by atoms with van der Waals surface area (Å²) in [5.74, 6) is -0.502. The fourth-order valence-electron chi connectivity index (χ4n) is 3.76. The highest BCUT2D eigenvalue weighted by atomic mass is 16.6. The highest BCUT2D eigenvalue weighted by molar-refractivity contribution is 6.01. The number of nitrogens with zero attached hydrogens (tertiary/aromatic N) is 2. The number of hydrogen-bond donors (Lipinski definition) is 0. The molecular formula is C24H20N2O4. The molecule has 4 aromatic rings. The monoisotopic (exact) mass is 400 g/mol. The molecule has 1 heterocycles. The normalized spacial score (nSPS) is 10.8. The van der Waals surface area contributed by atoms with Gasteiger partial charge in [-0.15, -0.1) is 0 Å². The summed E-state index contributed by atoms with van der Waals surface area (Å²) in [5, 5.41) is 12.6. The molecule has 1 aromatic heterocycles. The number of para-hydroxylation sites is 3. The molecule has 0 amide bonds. The lowest BCUT2D eigenvalue weighted by Gasteiger charge is -2.12. The fraction of sp³-hybridized carbons (Fsp3) is 0.125. The highest BCUT2D eigenvalue weighted by Crippen LogP contribution is 2.35. The van der Waals surface area contributed by atoms with Crippen LogP contribution in [0.25, 0.3) is 16.6 Å². The summed E-state index contributed by atoms with van der Waals surface area (Å²) < 4.78 is 7.03. The Bertz CT molecular complexity index is 1230. The van der Waals surface area contributed by atoms with Gasteiger partial charge >= 0.3 is 5.97 Å². The quantitative estimate of drug-likeness (QED) is 0.250. The largest absolute Gasteiger partial charge is 0.461 e. The van der Waals surface area contributed by atoms with E-state index >= 15 is 0 Å². The Morgan fingerprint density at radius 2 is 1.63 bits per heavy atom. The number of carbonyl (C=O) groups excluding carboxylic acids is 1. The van der Waals surface area contributed by atoms with Crippen LogP contribution in [0.2, 0.25) is 0 Å². The zero-order chi connectivity index (χ0) is 21.1. The van der Waals surface area contributed by atoms with Gasteiger partial charge in [0.25, 0.3) is 5.69 Å². The van der Waals surface area contributed by atoms with Gasteiger partial charge in [0.15, 0.2) is 0 Å². The van der Waals surface area contributed by atoms with Crippen LogP contribution >= 0.6 is 0 Å². The van der Waals surface area contributed by atoms with E-state index < -0.39 is 10.9 Å². The maximum absolute atomic E-state index is 13.1. The minimum atomic E-state index is -0.502. The average molecular weight is 400 g/mol. The van der Waals surface area contributed by atoms with Crippen molar-refractivity contribution in [3.05, 3.63) is 106 Å². The number of ether oxygens (including phenoxy) is 1. The third kappa shape index (κ3) is 3.43. The second-order valence-electron chi connectivity index (χ2n) is 6.81. The van der Waals surface area contributed by atoms with Crippen molar-refractivity contribution in [1.29, 1.82) is 0 Å². The van der Waals surface area contributed by atoms with Crippen molar-refractivity contribution in [2.24, 2.45) is 0 Å². The van der Waals surface area contributed by atoms with Gasteiger partial charge in [0.05, 0.1) is 17.0 Å². The first-order valence-electron chi connectivity index (χ1n) is 9.69. The van der Waals surface area contributed by atoms with Gasteiger partial charge in [0.1, 0.15) is 11.4 Å². The third-order valence-electron chi connectivity index (χ3n) is 4.99. The number of hydrogen-bond acceptors (Lipinski definition) is 4.